The van der Waals surface area contributed by atoms with Gasteiger partial charge in [0, 0.05) is 22.7 Å². The van der Waals surface area contributed by atoms with Crippen LogP contribution in [-0.4, -0.2) is 22.3 Å². The van der Waals surface area contributed by atoms with Crippen molar-refractivity contribution in [2.75, 3.05) is 6.61 Å². The molecule has 0 fully saturated rings. The molecule has 1 heterocycles. The highest BCUT2D eigenvalue weighted by Gasteiger charge is 2.17. The molecule has 0 bridgehead atoms. The lowest BCUT2D eigenvalue weighted by Crippen LogP contribution is -2.22. The van der Waals surface area contributed by atoms with Crippen molar-refractivity contribution in [3.8, 4) is 5.75 Å². The molecule has 3 aromatic rings. The molecule has 1 aromatic heterocycles. The number of carbonyl (C=O) groups is 1. The van der Waals surface area contributed by atoms with Crippen LogP contribution >= 0.6 is 23.2 Å². The van der Waals surface area contributed by atoms with Crippen molar-refractivity contribution in [3.63, 3.8) is 0 Å². The Hall–Kier alpha value is -2.30. The van der Waals surface area contributed by atoms with Crippen LogP contribution in [0.1, 0.15) is 27.3 Å². The Labute approximate surface area is 162 Å². The quantitative estimate of drug-likeness (QED) is 0.609. The third-order valence-corrected chi connectivity index (χ3v) is 4.68. The molecule has 0 saturated carbocycles. The van der Waals surface area contributed by atoms with Crippen molar-refractivity contribution in [3.05, 3.63) is 81.1 Å². The van der Waals surface area contributed by atoms with Gasteiger partial charge in [0.05, 0.1) is 10.7 Å². The molecule has 0 radical (unpaired) electrons. The zero-order chi connectivity index (χ0) is 18.7. The minimum absolute atomic E-state index is 0.159. The summed E-state index contributed by atoms with van der Waals surface area (Å²) in [6, 6.07) is 15.0. The predicted octanol–water partition coefficient (Wildman–Crippen LogP) is 5.12. The Balaban J connectivity index is 1.74. The number of rotatable bonds is 5. The van der Waals surface area contributed by atoms with Crippen molar-refractivity contribution in [2.45, 2.75) is 20.3 Å². The van der Waals surface area contributed by atoms with Crippen LogP contribution in [0.15, 0.2) is 48.5 Å². The number of halogens is 2. The SMILES string of the molecule is Cc1nn(C(=O)COc2ccc(Cl)cc2Cl)c(C)c1Cc1ccccc1. The molecule has 134 valence electrons. The molecule has 0 N–H and O–H groups in total. The van der Waals surface area contributed by atoms with Crippen molar-refractivity contribution in [2.24, 2.45) is 0 Å². The minimum atomic E-state index is -0.254. The van der Waals surface area contributed by atoms with Crippen molar-refractivity contribution in [1.82, 2.24) is 9.78 Å². The smallest absolute Gasteiger partial charge is 0.284 e. The average molecular weight is 389 g/mol. The van der Waals surface area contributed by atoms with E-state index in [1.807, 2.05) is 32.0 Å². The summed E-state index contributed by atoms with van der Waals surface area (Å²) in [5.74, 6) is 0.159. The highest BCUT2D eigenvalue weighted by atomic mass is 35.5. The summed E-state index contributed by atoms with van der Waals surface area (Å²) in [5.41, 5.74) is 3.88. The molecule has 0 unspecified atom stereocenters. The van der Waals surface area contributed by atoms with Crippen LogP contribution < -0.4 is 4.74 Å². The van der Waals surface area contributed by atoms with Crippen molar-refractivity contribution < 1.29 is 9.53 Å². The fraction of sp³-hybridized carbons (Fsp3) is 0.200. The van der Waals surface area contributed by atoms with Gasteiger partial charge in [-0.05, 0) is 37.6 Å². The van der Waals surface area contributed by atoms with Gasteiger partial charge in [-0.2, -0.15) is 5.10 Å². The normalized spacial score (nSPS) is 10.8. The van der Waals surface area contributed by atoms with Crippen molar-refractivity contribution >= 4 is 29.1 Å². The number of hydrogen-bond acceptors (Lipinski definition) is 3. The average Bonchev–Trinajstić information content (AvgIpc) is 2.90. The third-order valence-electron chi connectivity index (χ3n) is 4.15. The van der Waals surface area contributed by atoms with Crippen LogP contribution in [0.5, 0.6) is 5.75 Å². The summed E-state index contributed by atoms with van der Waals surface area (Å²) < 4.78 is 6.93. The Kier molecular flexibility index (Phi) is 5.64. The monoisotopic (exact) mass is 388 g/mol. The lowest BCUT2D eigenvalue weighted by Gasteiger charge is -2.09. The van der Waals surface area contributed by atoms with Crippen LogP contribution in [0.25, 0.3) is 0 Å². The van der Waals surface area contributed by atoms with Crippen LogP contribution in [0.4, 0.5) is 0 Å². The number of hydrogen-bond donors (Lipinski definition) is 0. The first-order chi connectivity index (χ1) is 12.5. The van der Waals surface area contributed by atoms with Gasteiger partial charge in [0.2, 0.25) is 0 Å². The fourth-order valence-corrected chi connectivity index (χ4v) is 3.23. The zero-order valence-corrected chi connectivity index (χ0v) is 16.0. The van der Waals surface area contributed by atoms with E-state index in [2.05, 4.69) is 17.2 Å². The molecule has 0 atom stereocenters. The number of nitrogens with zero attached hydrogens (tertiary/aromatic N) is 2. The third kappa shape index (κ3) is 4.09. The molecule has 0 aliphatic rings. The van der Waals surface area contributed by atoms with Gasteiger partial charge < -0.3 is 4.74 Å². The van der Waals surface area contributed by atoms with E-state index in [1.165, 1.54) is 10.2 Å². The van der Waals surface area contributed by atoms with Crippen molar-refractivity contribution in [1.29, 1.82) is 0 Å². The van der Waals surface area contributed by atoms with Gasteiger partial charge in [-0.1, -0.05) is 53.5 Å². The summed E-state index contributed by atoms with van der Waals surface area (Å²) in [5, 5.41) is 5.26. The molecule has 0 spiro atoms. The zero-order valence-electron chi connectivity index (χ0n) is 14.5. The first-order valence-corrected chi connectivity index (χ1v) is 8.91. The molecule has 6 heteroatoms. The lowest BCUT2D eigenvalue weighted by molar-refractivity contribution is 0.0818. The summed E-state index contributed by atoms with van der Waals surface area (Å²) in [7, 11) is 0. The second kappa shape index (κ2) is 7.94. The number of aromatic nitrogens is 2. The number of ether oxygens (including phenoxy) is 1. The van der Waals surface area contributed by atoms with E-state index in [4.69, 9.17) is 27.9 Å². The van der Waals surface area contributed by atoms with E-state index in [0.717, 1.165) is 23.4 Å². The van der Waals surface area contributed by atoms with E-state index in [0.29, 0.717) is 15.8 Å². The molecule has 2 aromatic carbocycles. The van der Waals surface area contributed by atoms with Gasteiger partial charge in [-0.3, -0.25) is 4.79 Å². The van der Waals surface area contributed by atoms with E-state index in [9.17, 15) is 4.79 Å². The largest absolute Gasteiger partial charge is 0.482 e. The van der Waals surface area contributed by atoms with Gasteiger partial charge >= 0.3 is 0 Å². The Morgan fingerprint density at radius 2 is 1.85 bits per heavy atom. The van der Waals surface area contributed by atoms with Crippen LogP contribution in [0.2, 0.25) is 10.0 Å². The highest BCUT2D eigenvalue weighted by molar-refractivity contribution is 6.35. The lowest BCUT2D eigenvalue weighted by atomic mass is 10.0. The second-order valence-corrected chi connectivity index (χ2v) is 6.82. The summed E-state index contributed by atoms with van der Waals surface area (Å²) in [6.45, 7) is 3.64. The molecule has 0 saturated heterocycles. The molecule has 0 amide bonds. The Bertz CT molecular complexity index is 936. The maximum absolute atomic E-state index is 12.5. The Morgan fingerprint density at radius 1 is 1.12 bits per heavy atom. The molecule has 0 aliphatic carbocycles. The molecule has 4 nitrogen and oxygen atoms in total. The Morgan fingerprint density at radius 3 is 2.54 bits per heavy atom. The predicted molar refractivity (Wildman–Crippen MR) is 104 cm³/mol. The van der Waals surface area contributed by atoms with E-state index < -0.39 is 0 Å². The van der Waals surface area contributed by atoms with Gasteiger partial charge in [-0.25, -0.2) is 4.68 Å². The van der Waals surface area contributed by atoms with Gasteiger partial charge in [0.15, 0.2) is 6.61 Å². The molecule has 0 aliphatic heterocycles. The number of benzene rings is 2. The number of carbonyl (C=O) groups excluding carboxylic acids is 1. The van der Waals surface area contributed by atoms with Gasteiger partial charge in [0.25, 0.3) is 5.91 Å². The van der Waals surface area contributed by atoms with E-state index >= 15 is 0 Å². The summed E-state index contributed by atoms with van der Waals surface area (Å²) in [6.07, 6.45) is 0.732. The summed E-state index contributed by atoms with van der Waals surface area (Å²) >= 11 is 11.9. The first kappa shape index (κ1) is 18.5. The number of aryl methyl sites for hydroxylation is 1. The van der Waals surface area contributed by atoms with Crippen LogP contribution in [0, 0.1) is 13.8 Å². The van der Waals surface area contributed by atoms with Crippen LogP contribution in [-0.2, 0) is 6.42 Å². The standard InChI is InChI=1S/C20H18Cl2N2O2/c1-13-17(10-15-6-4-3-5-7-15)14(2)24(23-13)20(25)12-26-19-9-8-16(21)11-18(19)22/h3-9,11H,10,12H2,1-2H3. The van der Waals surface area contributed by atoms with Gasteiger partial charge in [-0.15, -0.1) is 0 Å². The second-order valence-electron chi connectivity index (χ2n) is 5.98. The first-order valence-electron chi connectivity index (χ1n) is 8.16. The topological polar surface area (TPSA) is 44.1 Å². The summed E-state index contributed by atoms with van der Waals surface area (Å²) in [4.78, 5) is 12.5. The minimum Gasteiger partial charge on any atom is -0.482 e. The molecular weight excluding hydrogens is 371 g/mol. The van der Waals surface area contributed by atoms with Crippen LogP contribution in [0.3, 0.4) is 0 Å². The van der Waals surface area contributed by atoms with Gasteiger partial charge in [0.1, 0.15) is 5.75 Å². The molecule has 3 rings (SSSR count). The maximum Gasteiger partial charge on any atom is 0.284 e. The molecular formula is C20H18Cl2N2O2. The van der Waals surface area contributed by atoms with E-state index in [1.54, 1.807) is 18.2 Å². The fourth-order valence-electron chi connectivity index (χ4n) is 2.77. The molecule has 26 heavy (non-hydrogen) atoms. The highest BCUT2D eigenvalue weighted by Crippen LogP contribution is 2.27. The maximum atomic E-state index is 12.5. The van der Waals surface area contributed by atoms with E-state index in [-0.39, 0.29) is 12.5 Å².